The molecule has 0 spiro atoms. The van der Waals surface area contributed by atoms with Crippen LogP contribution in [0.1, 0.15) is 92.0 Å². The molecule has 6 atom stereocenters. The van der Waals surface area contributed by atoms with E-state index in [1.165, 1.54) is 11.1 Å². The van der Waals surface area contributed by atoms with Gasteiger partial charge in [-0.3, -0.25) is 9.48 Å². The summed E-state index contributed by atoms with van der Waals surface area (Å²) in [5.74, 6) is 2.55. The number of anilines is 1. The number of rotatable bonds is 12. The van der Waals surface area contributed by atoms with Crippen LogP contribution in [-0.2, 0) is 31.2 Å². The first-order chi connectivity index (χ1) is 22.8. The van der Waals surface area contributed by atoms with Gasteiger partial charge in [0.1, 0.15) is 11.6 Å². The van der Waals surface area contributed by atoms with E-state index in [0.29, 0.717) is 36.3 Å². The zero-order valence-electron chi connectivity index (χ0n) is 27.9. The predicted molar refractivity (Wildman–Crippen MR) is 181 cm³/mol. The summed E-state index contributed by atoms with van der Waals surface area (Å²) in [7, 11) is 1.96. The fourth-order valence-electron chi connectivity index (χ4n) is 8.89. The van der Waals surface area contributed by atoms with E-state index in [2.05, 4.69) is 64.1 Å². The number of fused-ring (bicyclic) bond motifs is 3. The Morgan fingerprint density at radius 2 is 1.83 bits per heavy atom. The first kappa shape index (κ1) is 32.2. The van der Waals surface area contributed by atoms with Gasteiger partial charge in [-0.15, -0.1) is 0 Å². The molecule has 4 heterocycles. The van der Waals surface area contributed by atoms with E-state index < -0.39 is 5.97 Å². The lowest BCUT2D eigenvalue weighted by molar-refractivity contribution is -0.143. The summed E-state index contributed by atoms with van der Waals surface area (Å²) in [5, 5.41) is 32.2. The SMILES string of the molecule is CC[C@@H](NCc1nc2c(c(N[C@@H](CN3C[C@H]4C[C@@H](C3)C4O)c3cnn(C)c3)n1)C[C@H](c1ccccc1)CC2)C1CCC(C(=O)O)CC1. The van der Waals surface area contributed by atoms with Gasteiger partial charge in [0.05, 0.1) is 30.8 Å². The van der Waals surface area contributed by atoms with Crippen molar-refractivity contribution in [3.63, 3.8) is 0 Å². The standard InChI is InChI=1S/C37H51N7O3/c1-3-31(24-9-11-25(12-10-24)37(46)47)38-18-34-40-32-14-13-26(23-7-5-4-6-8-23)16-30(32)36(42-34)41-33(29-17-39-43(2)19-29)22-44-20-27-15-28(21-44)35(27)45/h4-8,17,19,24-28,31,33,35,38,45H,3,9-16,18,20-22H2,1-2H3,(H,46,47)(H,40,41,42)/t24?,25?,26-,27-,28+,31-,33+,35?/m1/s1. The van der Waals surface area contributed by atoms with Crippen LogP contribution in [-0.4, -0.2) is 72.6 Å². The molecule has 2 saturated carbocycles. The van der Waals surface area contributed by atoms with Crippen LogP contribution in [0.15, 0.2) is 42.7 Å². The van der Waals surface area contributed by atoms with E-state index in [4.69, 9.17) is 9.97 Å². The number of carboxylic acids is 1. The third-order valence-corrected chi connectivity index (χ3v) is 11.7. The second kappa shape index (κ2) is 14.0. The minimum atomic E-state index is -0.652. The van der Waals surface area contributed by atoms with Gasteiger partial charge in [-0.25, -0.2) is 9.97 Å². The number of hydrogen-bond donors (Lipinski definition) is 4. The second-order valence-corrected chi connectivity index (χ2v) is 14.7. The lowest BCUT2D eigenvalue weighted by Crippen LogP contribution is -2.59. The van der Waals surface area contributed by atoms with Gasteiger partial charge in [0.25, 0.3) is 0 Å². The Bertz CT molecular complexity index is 1510. The van der Waals surface area contributed by atoms with Crippen LogP contribution >= 0.6 is 0 Å². The number of carboxylic acid groups (broad SMARTS) is 1. The van der Waals surface area contributed by atoms with Crippen molar-refractivity contribution in [2.45, 2.75) is 95.4 Å². The van der Waals surface area contributed by atoms with Crippen molar-refractivity contribution in [1.29, 1.82) is 0 Å². The molecule has 3 aliphatic carbocycles. The first-order valence-corrected chi connectivity index (χ1v) is 17.9. The van der Waals surface area contributed by atoms with Crippen molar-refractivity contribution >= 4 is 11.8 Å². The number of nitrogens with one attached hydrogen (secondary N) is 2. The molecule has 5 aliphatic rings. The minimum absolute atomic E-state index is 0.00284. The number of aliphatic carboxylic acids is 1. The minimum Gasteiger partial charge on any atom is -0.481 e. The van der Waals surface area contributed by atoms with E-state index in [1.54, 1.807) is 0 Å². The fourth-order valence-corrected chi connectivity index (χ4v) is 8.89. The predicted octanol–water partition coefficient (Wildman–Crippen LogP) is 4.71. The third kappa shape index (κ3) is 7.10. The quantitative estimate of drug-likeness (QED) is 0.222. The summed E-state index contributed by atoms with van der Waals surface area (Å²) in [5.41, 5.74) is 4.87. The Kier molecular flexibility index (Phi) is 9.61. The molecule has 2 aliphatic heterocycles. The van der Waals surface area contributed by atoms with Crippen LogP contribution in [0, 0.1) is 23.7 Å². The summed E-state index contributed by atoms with van der Waals surface area (Å²) in [6.07, 6.45) is 12.4. The lowest BCUT2D eigenvalue weighted by atomic mass is 9.68. The highest BCUT2D eigenvalue weighted by Crippen LogP contribution is 2.41. The van der Waals surface area contributed by atoms with Gasteiger partial charge in [0.15, 0.2) is 0 Å². The number of aliphatic hydroxyl groups excluding tert-OH is 1. The highest BCUT2D eigenvalue weighted by atomic mass is 16.4. The zero-order valence-corrected chi connectivity index (χ0v) is 27.9. The van der Waals surface area contributed by atoms with Crippen molar-refractivity contribution in [2.75, 3.05) is 25.0 Å². The van der Waals surface area contributed by atoms with Crippen molar-refractivity contribution < 1.29 is 15.0 Å². The van der Waals surface area contributed by atoms with E-state index in [0.717, 1.165) is 100 Å². The monoisotopic (exact) mass is 641 g/mol. The van der Waals surface area contributed by atoms with Crippen LogP contribution in [0.4, 0.5) is 5.82 Å². The smallest absolute Gasteiger partial charge is 0.306 e. The van der Waals surface area contributed by atoms with Crippen LogP contribution in [0.3, 0.4) is 0 Å². The molecule has 0 radical (unpaired) electrons. The Balaban J connectivity index is 1.14. The molecule has 47 heavy (non-hydrogen) atoms. The molecule has 4 fully saturated rings. The van der Waals surface area contributed by atoms with E-state index >= 15 is 0 Å². The Labute approximate surface area is 278 Å². The van der Waals surface area contributed by atoms with E-state index in [1.807, 2.05) is 17.9 Å². The summed E-state index contributed by atoms with van der Waals surface area (Å²) in [4.78, 5) is 24.4. The highest BCUT2D eigenvalue weighted by Gasteiger charge is 2.46. The number of hydrogen-bond acceptors (Lipinski definition) is 8. The maximum Gasteiger partial charge on any atom is 0.306 e. The van der Waals surface area contributed by atoms with Gasteiger partial charge in [0, 0.05) is 55.7 Å². The van der Waals surface area contributed by atoms with Crippen molar-refractivity contribution in [3.05, 3.63) is 70.9 Å². The highest BCUT2D eigenvalue weighted by molar-refractivity contribution is 5.70. The molecular weight excluding hydrogens is 590 g/mol. The first-order valence-electron chi connectivity index (χ1n) is 17.9. The largest absolute Gasteiger partial charge is 0.481 e. The zero-order chi connectivity index (χ0) is 32.5. The van der Waals surface area contributed by atoms with E-state index in [9.17, 15) is 15.0 Å². The van der Waals surface area contributed by atoms with Gasteiger partial charge in [-0.2, -0.15) is 5.10 Å². The van der Waals surface area contributed by atoms with Crippen molar-refractivity contribution in [1.82, 2.24) is 30.0 Å². The van der Waals surface area contributed by atoms with Crippen LogP contribution in [0.2, 0.25) is 0 Å². The molecule has 0 amide bonds. The number of benzene rings is 1. The number of nitrogens with zero attached hydrogens (tertiary/aromatic N) is 5. The van der Waals surface area contributed by atoms with Crippen LogP contribution < -0.4 is 10.6 Å². The average molecular weight is 642 g/mol. The molecule has 252 valence electrons. The molecule has 3 aromatic rings. The van der Waals surface area contributed by atoms with Crippen molar-refractivity contribution in [3.8, 4) is 0 Å². The summed E-state index contributed by atoms with van der Waals surface area (Å²) in [6.45, 7) is 5.49. The lowest BCUT2D eigenvalue weighted by Gasteiger charge is -2.51. The van der Waals surface area contributed by atoms with Gasteiger partial charge < -0.3 is 25.7 Å². The number of piperidine rings is 2. The van der Waals surface area contributed by atoms with Gasteiger partial charge in [0.2, 0.25) is 0 Å². The van der Waals surface area contributed by atoms with Crippen molar-refractivity contribution in [2.24, 2.45) is 30.7 Å². The van der Waals surface area contributed by atoms with Gasteiger partial charge >= 0.3 is 5.97 Å². The second-order valence-electron chi connectivity index (χ2n) is 14.7. The Hall–Kier alpha value is -3.34. The summed E-state index contributed by atoms with van der Waals surface area (Å²) >= 11 is 0. The molecule has 1 unspecified atom stereocenters. The molecule has 4 N–H and O–H groups in total. The number of aliphatic hydroxyl groups is 1. The molecule has 2 aromatic heterocycles. The van der Waals surface area contributed by atoms with Gasteiger partial charge in [-0.1, -0.05) is 37.3 Å². The normalized spacial score (nSPS) is 28.6. The fraction of sp³-hybridized carbons (Fsp3) is 0.622. The number of carbonyl (C=O) groups is 1. The molecule has 2 saturated heterocycles. The molecule has 2 bridgehead atoms. The maximum atomic E-state index is 11.5. The molecule has 8 rings (SSSR count). The molecule has 10 heteroatoms. The van der Waals surface area contributed by atoms with Crippen LogP contribution in [0.25, 0.3) is 0 Å². The van der Waals surface area contributed by atoms with E-state index in [-0.39, 0.29) is 18.1 Å². The Morgan fingerprint density at radius 1 is 1.06 bits per heavy atom. The van der Waals surface area contributed by atoms with Crippen LogP contribution in [0.5, 0.6) is 0 Å². The molecule has 1 aromatic carbocycles. The molecular formula is C37H51N7O3. The van der Waals surface area contributed by atoms with Gasteiger partial charge in [-0.05, 0) is 87.0 Å². The average Bonchev–Trinajstić information content (AvgIpc) is 3.54. The third-order valence-electron chi connectivity index (χ3n) is 11.7. The summed E-state index contributed by atoms with van der Waals surface area (Å²) < 4.78 is 1.87. The summed E-state index contributed by atoms with van der Waals surface area (Å²) in [6, 6.07) is 11.1. The Morgan fingerprint density at radius 3 is 2.49 bits per heavy atom. The number of aryl methyl sites for hydroxylation is 2. The topological polar surface area (TPSA) is 128 Å². The molecule has 10 nitrogen and oxygen atoms in total. The number of aromatic nitrogens is 4. The maximum absolute atomic E-state index is 11.5.